The molecule has 2 aromatic carbocycles. The first kappa shape index (κ1) is 42.3. The maximum Gasteiger partial charge on any atom is 0.329 e. The SMILES string of the molecule is Cc1cccc(C[C@H](NC(=O)Nc2cccc(Cl)c2)C(=O)N[C@@H]2C(=O)N3C[C@H](O)C[C@H]3C(=O)N3CCOC[C@H]3C(=O)N[C@@H](C)C(=O)N3C[C@H](C)C[C@H]3C(=O)O[C@H]2C)c1. The number of aliphatic hydroxyl groups is 1. The van der Waals surface area contributed by atoms with E-state index in [0.717, 1.165) is 10.5 Å². The zero-order chi connectivity index (χ0) is 41.8. The largest absolute Gasteiger partial charge is 0.458 e. The summed E-state index contributed by atoms with van der Waals surface area (Å²) in [6.07, 6.45) is -2.45. The Morgan fingerprint density at radius 2 is 1.66 bits per heavy atom. The molecule has 18 heteroatoms. The van der Waals surface area contributed by atoms with Crippen molar-refractivity contribution in [3.8, 4) is 0 Å². The zero-order valence-electron chi connectivity index (χ0n) is 32.8. The number of nitrogens with zero attached hydrogens (tertiary/aromatic N) is 3. The van der Waals surface area contributed by atoms with Gasteiger partial charge in [-0.05, 0) is 56.9 Å². The van der Waals surface area contributed by atoms with Gasteiger partial charge in [0, 0.05) is 43.2 Å². The molecule has 4 heterocycles. The van der Waals surface area contributed by atoms with E-state index in [1.165, 1.54) is 29.7 Å². The zero-order valence-corrected chi connectivity index (χ0v) is 33.6. The van der Waals surface area contributed by atoms with Crippen molar-refractivity contribution in [1.82, 2.24) is 30.7 Å². The highest BCUT2D eigenvalue weighted by molar-refractivity contribution is 6.30. The molecule has 6 rings (SSSR count). The summed E-state index contributed by atoms with van der Waals surface area (Å²) in [5, 5.41) is 22.0. The minimum Gasteiger partial charge on any atom is -0.458 e. The smallest absolute Gasteiger partial charge is 0.329 e. The molecular formula is C40H50ClN7O10. The van der Waals surface area contributed by atoms with Crippen LogP contribution in [-0.4, -0.2) is 143 Å². The number of hydrogen-bond donors (Lipinski definition) is 5. The van der Waals surface area contributed by atoms with E-state index in [1.807, 2.05) is 26.0 Å². The number of cyclic esters (lactones) is 1. The van der Waals surface area contributed by atoms with Crippen LogP contribution in [0.2, 0.25) is 5.02 Å². The Kier molecular flexibility index (Phi) is 13.2. The van der Waals surface area contributed by atoms with Crippen LogP contribution < -0.4 is 21.3 Å². The van der Waals surface area contributed by atoms with Gasteiger partial charge in [0.05, 0.1) is 19.3 Å². The van der Waals surface area contributed by atoms with Gasteiger partial charge in [-0.25, -0.2) is 9.59 Å². The minimum atomic E-state index is -1.63. The van der Waals surface area contributed by atoms with Gasteiger partial charge in [-0.1, -0.05) is 54.4 Å². The van der Waals surface area contributed by atoms with Crippen LogP contribution in [0.25, 0.3) is 0 Å². The van der Waals surface area contributed by atoms with E-state index in [-0.39, 0.29) is 58.0 Å². The lowest BCUT2D eigenvalue weighted by Gasteiger charge is -2.39. The van der Waals surface area contributed by atoms with Gasteiger partial charge in [0.25, 0.3) is 0 Å². The van der Waals surface area contributed by atoms with Crippen LogP contribution in [0.1, 0.15) is 44.7 Å². The molecule has 0 radical (unpaired) electrons. The Morgan fingerprint density at radius 3 is 2.40 bits per heavy atom. The van der Waals surface area contributed by atoms with Crippen molar-refractivity contribution in [2.75, 3.05) is 38.2 Å². The third-order valence-electron chi connectivity index (χ3n) is 10.9. The first-order valence-electron chi connectivity index (χ1n) is 19.5. The van der Waals surface area contributed by atoms with Crippen LogP contribution in [0, 0.1) is 12.8 Å². The van der Waals surface area contributed by atoms with Crippen LogP contribution in [0.5, 0.6) is 0 Å². The number of benzene rings is 2. The van der Waals surface area contributed by atoms with Crippen LogP contribution in [-0.2, 0) is 44.7 Å². The molecule has 0 saturated carbocycles. The second-order valence-electron chi connectivity index (χ2n) is 15.6. The third kappa shape index (κ3) is 9.70. The number of fused-ring (bicyclic) bond motifs is 3. The maximum absolute atomic E-state index is 14.7. The van der Waals surface area contributed by atoms with Crippen LogP contribution >= 0.6 is 11.6 Å². The number of aryl methyl sites for hydroxylation is 1. The van der Waals surface area contributed by atoms with E-state index in [1.54, 1.807) is 30.3 Å². The number of aliphatic hydroxyl groups excluding tert-OH is 1. The molecule has 58 heavy (non-hydrogen) atoms. The lowest BCUT2D eigenvalue weighted by Crippen LogP contribution is -2.64. The van der Waals surface area contributed by atoms with E-state index in [2.05, 4.69) is 21.3 Å². The molecule has 9 atom stereocenters. The number of carbonyl (C=O) groups is 7. The van der Waals surface area contributed by atoms with Crippen molar-refractivity contribution in [3.05, 3.63) is 64.7 Å². The number of nitrogens with one attached hydrogen (secondary N) is 4. The summed E-state index contributed by atoms with van der Waals surface area (Å²) in [6, 6.07) is 5.50. The summed E-state index contributed by atoms with van der Waals surface area (Å²) >= 11 is 6.11. The average Bonchev–Trinajstić information content (AvgIpc) is 3.77. The van der Waals surface area contributed by atoms with E-state index in [4.69, 9.17) is 21.1 Å². The van der Waals surface area contributed by atoms with Gasteiger partial charge in [0.1, 0.15) is 42.4 Å². The molecule has 4 aliphatic rings. The minimum absolute atomic E-state index is 0.00265. The van der Waals surface area contributed by atoms with Crippen LogP contribution in [0.15, 0.2) is 48.5 Å². The summed E-state index contributed by atoms with van der Waals surface area (Å²) < 4.78 is 11.5. The summed E-state index contributed by atoms with van der Waals surface area (Å²) in [7, 11) is 0. The molecule has 0 unspecified atom stereocenters. The van der Waals surface area contributed by atoms with Gasteiger partial charge in [-0.15, -0.1) is 0 Å². The monoisotopic (exact) mass is 823 g/mol. The van der Waals surface area contributed by atoms with Crippen molar-refractivity contribution in [1.29, 1.82) is 0 Å². The quantitative estimate of drug-likeness (QED) is 0.258. The molecule has 0 spiro atoms. The molecule has 4 fully saturated rings. The normalized spacial score (nSPS) is 28.8. The van der Waals surface area contributed by atoms with Gasteiger partial charge in [0.15, 0.2) is 0 Å². The fraction of sp³-hybridized carbons (Fsp3) is 0.525. The van der Waals surface area contributed by atoms with Crippen LogP contribution in [0.3, 0.4) is 0 Å². The fourth-order valence-corrected chi connectivity index (χ4v) is 8.21. The van der Waals surface area contributed by atoms with Gasteiger partial charge < -0.3 is 50.5 Å². The van der Waals surface area contributed by atoms with Gasteiger partial charge in [0.2, 0.25) is 29.5 Å². The molecule has 2 aromatic rings. The van der Waals surface area contributed by atoms with Gasteiger partial charge in [-0.3, -0.25) is 24.0 Å². The van der Waals surface area contributed by atoms with Crippen molar-refractivity contribution < 1.29 is 48.1 Å². The summed E-state index contributed by atoms with van der Waals surface area (Å²) in [5.41, 5.74) is 1.96. The number of morpholine rings is 1. The third-order valence-corrected chi connectivity index (χ3v) is 11.2. The number of anilines is 1. The standard InChI is InChI=1S/C40H50ClN7O10/c1-21-7-5-8-25(13-21)15-29(44-40(56)43-27-10-6-9-26(41)16-27)34(50)45-33-24(4)58-39(55)31-14-22(2)18-47(31)36(52)23(3)42-35(51)32-20-57-12-11-46(32)37(53)30-17-28(49)19-48(30)38(33)54/h5-10,13,16,22-24,28-33,49H,11-12,14-15,17-20H2,1-4H3,(H,42,51)(H,45,50)(H2,43,44,56)/t22-,23+,24+,28-,29+,30+,31+,32+,33+/m1/s1. The molecule has 4 aliphatic heterocycles. The number of halogens is 1. The molecule has 17 nitrogen and oxygen atoms in total. The Hall–Kier alpha value is -5.26. The maximum atomic E-state index is 14.7. The van der Waals surface area contributed by atoms with Crippen LogP contribution in [0.4, 0.5) is 10.5 Å². The highest BCUT2D eigenvalue weighted by Gasteiger charge is 2.49. The number of amides is 7. The molecule has 7 amide bonds. The Morgan fingerprint density at radius 1 is 0.914 bits per heavy atom. The summed E-state index contributed by atoms with van der Waals surface area (Å²) in [6.45, 7) is 6.46. The Labute approximate surface area is 341 Å². The van der Waals surface area contributed by atoms with E-state index in [0.29, 0.717) is 16.3 Å². The second kappa shape index (κ2) is 18.1. The first-order valence-corrected chi connectivity index (χ1v) is 19.8. The molecule has 5 N–H and O–H groups in total. The van der Waals surface area contributed by atoms with E-state index in [9.17, 15) is 38.7 Å². The number of esters is 1. The number of carbonyl (C=O) groups excluding carboxylic acids is 7. The highest BCUT2D eigenvalue weighted by atomic mass is 35.5. The molecular weight excluding hydrogens is 774 g/mol. The highest BCUT2D eigenvalue weighted by Crippen LogP contribution is 2.28. The molecule has 0 aromatic heterocycles. The van der Waals surface area contributed by atoms with Gasteiger partial charge in [-0.2, -0.15) is 0 Å². The molecule has 4 saturated heterocycles. The number of ether oxygens (including phenoxy) is 2. The summed E-state index contributed by atoms with van der Waals surface area (Å²) in [5.74, 6) is -4.44. The topological polar surface area (TPSA) is 216 Å². The number of hydrogen-bond acceptors (Lipinski definition) is 10. The Bertz CT molecular complexity index is 1930. The summed E-state index contributed by atoms with van der Waals surface area (Å²) in [4.78, 5) is 102. The number of rotatable bonds is 6. The molecule has 0 aliphatic carbocycles. The predicted octanol–water partition coefficient (Wildman–Crippen LogP) is 0.742. The van der Waals surface area contributed by atoms with Crippen molar-refractivity contribution in [2.45, 2.75) is 95.4 Å². The Balaban J connectivity index is 1.35. The number of urea groups is 1. The van der Waals surface area contributed by atoms with E-state index >= 15 is 0 Å². The second-order valence-corrected chi connectivity index (χ2v) is 16.0. The van der Waals surface area contributed by atoms with Crippen molar-refractivity contribution in [2.24, 2.45) is 5.92 Å². The molecule has 0 bridgehead atoms. The van der Waals surface area contributed by atoms with Crippen molar-refractivity contribution >= 4 is 58.8 Å². The van der Waals surface area contributed by atoms with E-state index < -0.39 is 90.0 Å². The molecule has 312 valence electrons. The first-order chi connectivity index (χ1) is 27.6. The predicted molar refractivity (Wildman–Crippen MR) is 209 cm³/mol. The lowest BCUT2D eigenvalue weighted by molar-refractivity contribution is -0.164. The average molecular weight is 824 g/mol. The fourth-order valence-electron chi connectivity index (χ4n) is 8.02. The van der Waals surface area contributed by atoms with Gasteiger partial charge >= 0.3 is 12.0 Å². The van der Waals surface area contributed by atoms with Crippen molar-refractivity contribution in [3.63, 3.8) is 0 Å². The lowest BCUT2D eigenvalue weighted by atomic mass is 10.0.